The average Bonchev–Trinajstić information content (AvgIpc) is 2.78. The summed E-state index contributed by atoms with van der Waals surface area (Å²) in [6.45, 7) is 11.7. The molecule has 174 valence electrons. The van der Waals surface area contributed by atoms with Gasteiger partial charge >= 0.3 is 0 Å². The summed E-state index contributed by atoms with van der Waals surface area (Å²) in [5.41, 5.74) is 3.99. The average molecular weight is 459 g/mol. The fourth-order valence-electron chi connectivity index (χ4n) is 4.04. The van der Waals surface area contributed by atoms with Crippen LogP contribution in [0.2, 0.25) is 0 Å². The Kier molecular flexibility index (Phi) is 7.75. The molecule has 0 radical (unpaired) electrons. The van der Waals surface area contributed by atoms with E-state index in [0.29, 0.717) is 43.9 Å². The number of para-hydroxylation sites is 1. The maximum absolute atomic E-state index is 13.3. The molecule has 0 aliphatic carbocycles. The van der Waals surface area contributed by atoms with Crippen LogP contribution in [-0.4, -0.2) is 44.9 Å². The monoisotopic (exact) mass is 458 g/mol. The Morgan fingerprint density at radius 2 is 1.62 bits per heavy atom. The van der Waals surface area contributed by atoms with Gasteiger partial charge in [0.15, 0.2) is 0 Å². The first-order chi connectivity index (χ1) is 15.2. The van der Waals surface area contributed by atoms with E-state index in [1.165, 1.54) is 10.4 Å². The molecule has 1 saturated heterocycles. The summed E-state index contributed by atoms with van der Waals surface area (Å²) in [7, 11) is -3.70. The van der Waals surface area contributed by atoms with E-state index >= 15 is 0 Å². The number of ether oxygens (including phenoxy) is 1. The van der Waals surface area contributed by atoms with E-state index in [1.54, 1.807) is 12.1 Å². The summed E-state index contributed by atoms with van der Waals surface area (Å²) in [5, 5.41) is 3.09. The minimum atomic E-state index is -3.70. The summed E-state index contributed by atoms with van der Waals surface area (Å²) in [5.74, 6) is 0.175. The second kappa shape index (κ2) is 10.1. The van der Waals surface area contributed by atoms with Crippen molar-refractivity contribution >= 4 is 21.6 Å². The zero-order chi connectivity index (χ0) is 23.5. The number of hydrogen-bond acceptors (Lipinski definition) is 4. The number of benzene rings is 2. The van der Waals surface area contributed by atoms with Gasteiger partial charge in [0.1, 0.15) is 0 Å². The predicted octanol–water partition coefficient (Wildman–Crippen LogP) is 4.77. The van der Waals surface area contributed by atoms with Crippen LogP contribution in [0.4, 0.5) is 5.69 Å². The molecule has 2 aromatic carbocycles. The number of sulfonamides is 1. The van der Waals surface area contributed by atoms with Crippen LogP contribution in [0.1, 0.15) is 73.5 Å². The lowest BCUT2D eigenvalue weighted by atomic mass is 9.92. The molecular formula is C25H34N2O4S. The number of nitrogens with one attached hydrogen (secondary N) is 1. The third-order valence-electron chi connectivity index (χ3n) is 5.91. The Balaban J connectivity index is 2.00. The Bertz CT molecular complexity index is 1050. The summed E-state index contributed by atoms with van der Waals surface area (Å²) >= 11 is 0. The van der Waals surface area contributed by atoms with Crippen molar-refractivity contribution in [3.63, 3.8) is 0 Å². The Labute approximate surface area is 192 Å². The minimum absolute atomic E-state index is 0.204. The molecule has 3 rings (SSSR count). The lowest BCUT2D eigenvalue weighted by Crippen LogP contribution is -2.41. The van der Waals surface area contributed by atoms with Gasteiger partial charge in [0.25, 0.3) is 5.91 Å². The van der Waals surface area contributed by atoms with Crippen molar-refractivity contribution in [3.05, 3.63) is 58.7 Å². The lowest BCUT2D eigenvalue weighted by Gasteiger charge is -2.27. The number of aryl methyl sites for hydroxylation is 1. The fraction of sp³-hybridized carbons (Fsp3) is 0.480. The summed E-state index contributed by atoms with van der Waals surface area (Å²) in [6, 6.07) is 11.1. The lowest BCUT2D eigenvalue weighted by molar-refractivity contribution is 0.0730. The molecule has 0 aromatic heterocycles. The number of carbonyl (C=O) groups is 1. The van der Waals surface area contributed by atoms with Gasteiger partial charge in [-0.2, -0.15) is 4.31 Å². The van der Waals surface area contributed by atoms with Crippen LogP contribution in [0, 0.1) is 0 Å². The van der Waals surface area contributed by atoms with Crippen molar-refractivity contribution in [2.24, 2.45) is 0 Å². The largest absolute Gasteiger partial charge is 0.379 e. The number of nitrogens with zero attached hydrogens (tertiary/aromatic N) is 1. The van der Waals surface area contributed by atoms with Gasteiger partial charge in [0.05, 0.1) is 18.1 Å². The highest BCUT2D eigenvalue weighted by Crippen LogP contribution is 2.33. The quantitative estimate of drug-likeness (QED) is 0.649. The summed E-state index contributed by atoms with van der Waals surface area (Å²) in [4.78, 5) is 13.5. The maximum Gasteiger partial charge on any atom is 0.255 e. The van der Waals surface area contributed by atoms with E-state index < -0.39 is 10.0 Å². The third-order valence-corrected chi connectivity index (χ3v) is 7.89. The van der Waals surface area contributed by atoms with E-state index in [-0.39, 0.29) is 22.6 Å². The third kappa shape index (κ3) is 5.05. The molecule has 1 aliphatic rings. The smallest absolute Gasteiger partial charge is 0.255 e. The van der Waals surface area contributed by atoms with E-state index in [4.69, 9.17) is 4.74 Å². The molecule has 0 saturated carbocycles. The number of anilines is 1. The van der Waals surface area contributed by atoms with Gasteiger partial charge in [-0.1, -0.05) is 58.9 Å². The number of carbonyl (C=O) groups excluding carboxylic acids is 1. The summed E-state index contributed by atoms with van der Waals surface area (Å²) < 4.78 is 33.4. The molecule has 6 nitrogen and oxygen atoms in total. The second-order valence-corrected chi connectivity index (χ2v) is 10.7. The van der Waals surface area contributed by atoms with Crippen molar-refractivity contribution in [3.8, 4) is 0 Å². The predicted molar refractivity (Wildman–Crippen MR) is 128 cm³/mol. The van der Waals surface area contributed by atoms with Crippen LogP contribution < -0.4 is 5.32 Å². The van der Waals surface area contributed by atoms with Crippen LogP contribution in [0.3, 0.4) is 0 Å². The van der Waals surface area contributed by atoms with Crippen molar-refractivity contribution in [1.82, 2.24) is 4.31 Å². The van der Waals surface area contributed by atoms with Gasteiger partial charge in [0, 0.05) is 24.3 Å². The molecule has 1 fully saturated rings. The van der Waals surface area contributed by atoms with E-state index in [2.05, 4.69) is 33.0 Å². The van der Waals surface area contributed by atoms with Gasteiger partial charge in [-0.3, -0.25) is 4.79 Å². The Hall–Kier alpha value is -2.22. The van der Waals surface area contributed by atoms with Crippen LogP contribution in [0.5, 0.6) is 0 Å². The van der Waals surface area contributed by atoms with Crippen molar-refractivity contribution in [1.29, 1.82) is 0 Å². The highest BCUT2D eigenvalue weighted by atomic mass is 32.2. The zero-order valence-corrected chi connectivity index (χ0v) is 20.5. The van der Waals surface area contributed by atoms with Crippen molar-refractivity contribution in [2.75, 3.05) is 31.6 Å². The van der Waals surface area contributed by atoms with Gasteiger partial charge in [-0.15, -0.1) is 0 Å². The van der Waals surface area contributed by atoms with Gasteiger partial charge < -0.3 is 10.1 Å². The number of morpholine rings is 1. The molecule has 1 amide bonds. The second-order valence-electron chi connectivity index (χ2n) is 8.77. The number of hydrogen-bond donors (Lipinski definition) is 1. The highest BCUT2D eigenvalue weighted by molar-refractivity contribution is 7.89. The topological polar surface area (TPSA) is 75.7 Å². The molecule has 7 heteroatoms. The summed E-state index contributed by atoms with van der Waals surface area (Å²) in [6.07, 6.45) is 0.564. The highest BCUT2D eigenvalue weighted by Gasteiger charge is 2.29. The Morgan fingerprint density at radius 1 is 1.03 bits per heavy atom. The number of amides is 1. The van der Waals surface area contributed by atoms with Crippen molar-refractivity contribution in [2.45, 2.75) is 57.8 Å². The molecule has 0 spiro atoms. The molecular weight excluding hydrogens is 424 g/mol. The molecule has 1 N–H and O–H groups in total. The first kappa shape index (κ1) is 24.4. The van der Waals surface area contributed by atoms with E-state index in [9.17, 15) is 13.2 Å². The van der Waals surface area contributed by atoms with Gasteiger partial charge in [-0.05, 0) is 47.1 Å². The van der Waals surface area contributed by atoms with E-state index in [0.717, 1.165) is 16.8 Å². The standard InChI is InChI=1S/C25H34N2O4S/c1-6-19-10-11-20(16-23(19)32(29,30)27-12-14-31-15-13-27)25(28)26-24-21(17(2)3)8-7-9-22(24)18(4)5/h7-11,16-18H,6,12-15H2,1-5H3,(H,26,28). The van der Waals surface area contributed by atoms with Crippen LogP contribution in [0.15, 0.2) is 41.3 Å². The van der Waals surface area contributed by atoms with Crippen LogP contribution in [-0.2, 0) is 21.2 Å². The van der Waals surface area contributed by atoms with Crippen LogP contribution in [0.25, 0.3) is 0 Å². The molecule has 0 bridgehead atoms. The molecule has 1 aliphatic heterocycles. The van der Waals surface area contributed by atoms with Crippen molar-refractivity contribution < 1.29 is 17.9 Å². The maximum atomic E-state index is 13.3. The fourth-order valence-corrected chi connectivity index (χ4v) is 5.76. The molecule has 0 atom stereocenters. The SMILES string of the molecule is CCc1ccc(C(=O)Nc2c(C(C)C)cccc2C(C)C)cc1S(=O)(=O)N1CCOCC1. The molecule has 2 aromatic rings. The molecule has 32 heavy (non-hydrogen) atoms. The first-order valence-corrected chi connectivity index (χ1v) is 12.8. The van der Waals surface area contributed by atoms with Crippen LogP contribution >= 0.6 is 0 Å². The van der Waals surface area contributed by atoms with Gasteiger partial charge in [0.2, 0.25) is 10.0 Å². The number of rotatable bonds is 7. The normalized spacial score (nSPS) is 15.3. The minimum Gasteiger partial charge on any atom is -0.379 e. The molecule has 1 heterocycles. The van der Waals surface area contributed by atoms with E-state index in [1.807, 2.05) is 25.1 Å². The Morgan fingerprint density at radius 3 is 2.16 bits per heavy atom. The zero-order valence-electron chi connectivity index (χ0n) is 19.6. The molecule has 0 unspecified atom stereocenters. The van der Waals surface area contributed by atoms with Gasteiger partial charge in [-0.25, -0.2) is 8.42 Å². The first-order valence-electron chi connectivity index (χ1n) is 11.3.